The maximum atomic E-state index is 12.6. The fraction of sp³-hybridized carbons (Fsp3) is 0. The highest BCUT2D eigenvalue weighted by Gasteiger charge is 2.37. The van der Waals surface area contributed by atoms with Gasteiger partial charge >= 0.3 is 0 Å². The summed E-state index contributed by atoms with van der Waals surface area (Å²) in [6.07, 6.45) is 0. The molecule has 0 fully saturated rings. The topological polar surface area (TPSA) is 97.5 Å². The quantitative estimate of drug-likeness (QED) is 0.668. The van der Waals surface area contributed by atoms with Crippen molar-refractivity contribution < 1.29 is 18.4 Å². The van der Waals surface area contributed by atoms with Crippen molar-refractivity contribution in [3.8, 4) is 0 Å². The van der Waals surface area contributed by atoms with Gasteiger partial charge in [0.25, 0.3) is 5.69 Å². The van der Waals surface area contributed by atoms with E-state index in [9.17, 15) is 23.6 Å². The highest BCUT2D eigenvalue weighted by molar-refractivity contribution is 8.01. The minimum absolute atomic E-state index is 0.0547. The summed E-state index contributed by atoms with van der Waals surface area (Å²) in [5.74, 6) is -0.460. The second-order valence-electron chi connectivity index (χ2n) is 4.63. The molecule has 0 unspecified atom stereocenters. The third kappa shape index (κ3) is 2.06. The first-order chi connectivity index (χ1) is 10.3. The van der Waals surface area contributed by atoms with Crippen molar-refractivity contribution in [1.82, 2.24) is 0 Å². The molecule has 0 saturated heterocycles. The van der Waals surface area contributed by atoms with Crippen molar-refractivity contribution in [1.29, 1.82) is 0 Å². The highest BCUT2D eigenvalue weighted by atomic mass is 35.5. The van der Waals surface area contributed by atoms with Crippen LogP contribution in [0.3, 0.4) is 0 Å². The van der Waals surface area contributed by atoms with Crippen LogP contribution in [0.4, 0.5) is 5.69 Å². The molecule has 0 atom stereocenters. The van der Waals surface area contributed by atoms with E-state index < -0.39 is 20.5 Å². The van der Waals surface area contributed by atoms with Crippen LogP contribution in [-0.4, -0.2) is 18.4 Å². The number of aliphatic hydroxyl groups is 1. The zero-order chi connectivity index (χ0) is 16.1. The van der Waals surface area contributed by atoms with E-state index >= 15 is 0 Å². The van der Waals surface area contributed by atoms with Crippen LogP contribution in [0, 0.1) is 10.1 Å². The Morgan fingerprint density at radius 1 is 1.14 bits per heavy atom. The number of nitrogens with zero attached hydrogens (tertiary/aromatic N) is 1. The summed E-state index contributed by atoms with van der Waals surface area (Å²) in [7, 11) is -3.96. The molecule has 2 aromatic rings. The van der Waals surface area contributed by atoms with Gasteiger partial charge in [-0.3, -0.25) is 10.1 Å². The first-order valence-corrected chi connectivity index (χ1v) is 7.91. The van der Waals surface area contributed by atoms with Crippen molar-refractivity contribution in [2.24, 2.45) is 0 Å². The Bertz CT molecular complexity index is 949. The first kappa shape index (κ1) is 14.6. The predicted molar refractivity (Wildman–Crippen MR) is 81.2 cm³/mol. The molecule has 6 nitrogen and oxygen atoms in total. The molecular formula is C14H8ClNO5S. The van der Waals surface area contributed by atoms with E-state index in [2.05, 4.69) is 0 Å². The van der Waals surface area contributed by atoms with Crippen LogP contribution in [0.2, 0.25) is 5.02 Å². The molecule has 0 spiro atoms. The van der Waals surface area contributed by atoms with E-state index in [-0.39, 0.29) is 31.6 Å². The van der Waals surface area contributed by atoms with Gasteiger partial charge in [0, 0.05) is 28.3 Å². The lowest BCUT2D eigenvalue weighted by molar-refractivity contribution is -0.384. The van der Waals surface area contributed by atoms with Crippen molar-refractivity contribution >= 4 is 37.8 Å². The van der Waals surface area contributed by atoms with Crippen LogP contribution < -0.4 is 0 Å². The number of fused-ring (bicyclic) bond motifs is 1. The lowest BCUT2D eigenvalue weighted by Crippen LogP contribution is -2.01. The average Bonchev–Trinajstić information content (AvgIpc) is 2.65. The lowest BCUT2D eigenvalue weighted by atomic mass is 10.1. The van der Waals surface area contributed by atoms with E-state index in [1.54, 1.807) is 0 Å². The molecule has 1 heterocycles. The molecule has 8 heteroatoms. The molecule has 2 aromatic carbocycles. The Hall–Kier alpha value is -2.38. The summed E-state index contributed by atoms with van der Waals surface area (Å²) in [5.41, 5.74) is -0.116. The molecule has 0 radical (unpaired) electrons. The van der Waals surface area contributed by atoms with Gasteiger partial charge in [0.2, 0.25) is 9.84 Å². The predicted octanol–water partition coefficient (Wildman–Crippen LogP) is 3.42. The van der Waals surface area contributed by atoms with Crippen LogP contribution in [0.5, 0.6) is 0 Å². The maximum Gasteiger partial charge on any atom is 0.270 e. The minimum Gasteiger partial charge on any atom is -0.506 e. The van der Waals surface area contributed by atoms with Gasteiger partial charge in [0.05, 0.1) is 9.82 Å². The van der Waals surface area contributed by atoms with Gasteiger partial charge in [-0.1, -0.05) is 23.7 Å². The normalized spacial score (nSPS) is 15.7. The van der Waals surface area contributed by atoms with Crippen LogP contribution in [0.15, 0.2) is 47.4 Å². The molecule has 0 saturated carbocycles. The van der Waals surface area contributed by atoms with Crippen LogP contribution in [0.1, 0.15) is 11.1 Å². The number of halogens is 1. The van der Waals surface area contributed by atoms with Crippen LogP contribution in [0.25, 0.3) is 10.7 Å². The molecule has 0 aliphatic carbocycles. The Labute approximate surface area is 130 Å². The largest absolute Gasteiger partial charge is 0.506 e. The van der Waals surface area contributed by atoms with E-state index in [0.717, 1.165) is 6.07 Å². The zero-order valence-corrected chi connectivity index (χ0v) is 12.4. The fourth-order valence-corrected chi connectivity index (χ4v) is 4.22. The number of benzene rings is 2. The monoisotopic (exact) mass is 337 g/mol. The molecule has 3 rings (SSSR count). The number of sulfone groups is 1. The Balaban J connectivity index is 2.28. The molecule has 22 heavy (non-hydrogen) atoms. The number of hydrogen-bond acceptors (Lipinski definition) is 5. The summed E-state index contributed by atoms with van der Waals surface area (Å²) in [4.78, 5) is 9.78. The number of rotatable bonds is 2. The van der Waals surface area contributed by atoms with Gasteiger partial charge in [-0.05, 0) is 18.2 Å². The van der Waals surface area contributed by atoms with Crippen molar-refractivity contribution in [3.63, 3.8) is 0 Å². The van der Waals surface area contributed by atoms with Gasteiger partial charge in [0.1, 0.15) is 10.7 Å². The summed E-state index contributed by atoms with van der Waals surface area (Å²) < 4.78 is 25.1. The van der Waals surface area contributed by atoms with Crippen molar-refractivity contribution in [2.75, 3.05) is 0 Å². The first-order valence-electron chi connectivity index (χ1n) is 6.05. The van der Waals surface area contributed by atoms with Crippen molar-refractivity contribution in [2.45, 2.75) is 4.90 Å². The molecule has 1 N–H and O–H groups in total. The van der Waals surface area contributed by atoms with Gasteiger partial charge in [-0.25, -0.2) is 8.42 Å². The Kier molecular flexibility index (Phi) is 3.19. The summed E-state index contributed by atoms with van der Waals surface area (Å²) >= 11 is 5.82. The number of nitro groups is 1. The minimum atomic E-state index is -3.96. The average molecular weight is 338 g/mol. The van der Waals surface area contributed by atoms with Gasteiger partial charge in [0.15, 0.2) is 0 Å². The summed E-state index contributed by atoms with van der Waals surface area (Å²) in [6.45, 7) is 0. The number of hydrogen-bond donors (Lipinski definition) is 1. The van der Waals surface area contributed by atoms with Gasteiger partial charge in [-0.15, -0.1) is 0 Å². The molecule has 0 amide bonds. The second-order valence-corrected chi connectivity index (χ2v) is 6.92. The standard InChI is InChI=1S/C14H8ClNO5S/c15-9-4-5-12-11(7-9)13(17)14(22(12,20)21)8-2-1-3-10(6-8)16(18)19/h1-7,17H. The SMILES string of the molecule is O=[N+]([O-])c1cccc(C2=C(O)c3cc(Cl)ccc3S2(=O)=O)c1. The van der Waals surface area contributed by atoms with E-state index in [1.165, 1.54) is 36.4 Å². The summed E-state index contributed by atoms with van der Waals surface area (Å²) in [5, 5.41) is 21.4. The summed E-state index contributed by atoms with van der Waals surface area (Å²) in [6, 6.07) is 9.15. The molecule has 112 valence electrons. The lowest BCUT2D eigenvalue weighted by Gasteiger charge is -2.03. The number of nitro benzene ring substituents is 1. The molecule has 1 aliphatic heterocycles. The van der Waals surface area contributed by atoms with E-state index in [1.807, 2.05) is 0 Å². The number of non-ortho nitro benzene ring substituents is 1. The van der Waals surface area contributed by atoms with Gasteiger partial charge < -0.3 is 5.11 Å². The number of aliphatic hydroxyl groups excluding tert-OH is 1. The van der Waals surface area contributed by atoms with E-state index in [0.29, 0.717) is 0 Å². The maximum absolute atomic E-state index is 12.6. The Morgan fingerprint density at radius 3 is 2.55 bits per heavy atom. The molecular weight excluding hydrogens is 330 g/mol. The molecule has 0 bridgehead atoms. The second kappa shape index (κ2) is 4.82. The Morgan fingerprint density at radius 2 is 1.86 bits per heavy atom. The third-order valence-corrected chi connectivity index (χ3v) is 5.43. The van der Waals surface area contributed by atoms with Crippen LogP contribution in [-0.2, 0) is 9.84 Å². The molecule has 1 aliphatic rings. The van der Waals surface area contributed by atoms with E-state index in [4.69, 9.17) is 11.6 Å². The van der Waals surface area contributed by atoms with Crippen LogP contribution >= 0.6 is 11.6 Å². The highest BCUT2D eigenvalue weighted by Crippen LogP contribution is 2.44. The third-order valence-electron chi connectivity index (χ3n) is 3.29. The molecule has 0 aromatic heterocycles. The fourth-order valence-electron chi connectivity index (χ4n) is 2.33. The van der Waals surface area contributed by atoms with Gasteiger partial charge in [-0.2, -0.15) is 0 Å². The zero-order valence-electron chi connectivity index (χ0n) is 10.9. The van der Waals surface area contributed by atoms with Crippen molar-refractivity contribution in [3.05, 3.63) is 68.7 Å². The smallest absolute Gasteiger partial charge is 0.270 e.